The van der Waals surface area contributed by atoms with Crippen LogP contribution < -0.4 is 0 Å². The fourth-order valence-corrected chi connectivity index (χ4v) is 1.12. The van der Waals surface area contributed by atoms with Gasteiger partial charge in [0.05, 0.1) is 13.2 Å². The van der Waals surface area contributed by atoms with Crippen molar-refractivity contribution >= 4 is 5.97 Å². The molecule has 80 valence electrons. The third-order valence-electron chi connectivity index (χ3n) is 1.97. The molecule has 0 aromatic rings. The molecule has 14 heavy (non-hydrogen) atoms. The highest BCUT2D eigenvalue weighted by atomic mass is 16.7. The van der Waals surface area contributed by atoms with Gasteiger partial charge in [-0.1, -0.05) is 13.5 Å². The minimum atomic E-state index is -0.364. The van der Waals surface area contributed by atoms with Gasteiger partial charge in [0.1, 0.15) is 13.4 Å². The van der Waals surface area contributed by atoms with Crippen LogP contribution in [0.4, 0.5) is 0 Å². The number of rotatable bonds is 3. The number of esters is 1. The van der Waals surface area contributed by atoms with Crippen molar-refractivity contribution in [3.05, 3.63) is 12.2 Å². The molecule has 0 aromatic heterocycles. The summed E-state index contributed by atoms with van der Waals surface area (Å²) < 4.78 is 15.3. The van der Waals surface area contributed by atoms with Gasteiger partial charge in [0.2, 0.25) is 0 Å². The van der Waals surface area contributed by atoms with Crippen molar-refractivity contribution in [2.24, 2.45) is 5.41 Å². The standard InChI is InChI=1S/C10H16O4/c1-8(2)9(11)14-6-10(3)4-12-7-13-5-10/h1,4-7H2,2-3H3. The normalized spacial score (nSPS) is 20.1. The van der Waals surface area contributed by atoms with Crippen LogP contribution in [-0.4, -0.2) is 32.6 Å². The Morgan fingerprint density at radius 3 is 2.57 bits per heavy atom. The molecule has 0 spiro atoms. The van der Waals surface area contributed by atoms with Crippen molar-refractivity contribution in [3.8, 4) is 0 Å². The molecule has 0 saturated carbocycles. The molecule has 0 unspecified atom stereocenters. The lowest BCUT2D eigenvalue weighted by Gasteiger charge is -2.32. The summed E-state index contributed by atoms with van der Waals surface area (Å²) in [5.74, 6) is -0.364. The first-order chi connectivity index (χ1) is 6.53. The lowest BCUT2D eigenvalue weighted by Crippen LogP contribution is -2.39. The van der Waals surface area contributed by atoms with Crippen molar-refractivity contribution in [2.75, 3.05) is 26.6 Å². The second kappa shape index (κ2) is 4.57. The summed E-state index contributed by atoms with van der Waals surface area (Å²) >= 11 is 0. The average molecular weight is 200 g/mol. The highest BCUT2D eigenvalue weighted by molar-refractivity contribution is 5.86. The van der Waals surface area contributed by atoms with Gasteiger partial charge in [0.15, 0.2) is 0 Å². The number of carbonyl (C=O) groups excluding carboxylic acids is 1. The molecule has 0 radical (unpaired) electrons. The van der Waals surface area contributed by atoms with Crippen molar-refractivity contribution in [2.45, 2.75) is 13.8 Å². The first kappa shape index (κ1) is 11.2. The smallest absolute Gasteiger partial charge is 0.333 e. The summed E-state index contributed by atoms with van der Waals surface area (Å²) in [6, 6.07) is 0. The maximum atomic E-state index is 11.1. The topological polar surface area (TPSA) is 44.8 Å². The van der Waals surface area contributed by atoms with Crippen molar-refractivity contribution in [1.29, 1.82) is 0 Å². The van der Waals surface area contributed by atoms with E-state index in [1.54, 1.807) is 6.92 Å². The fraction of sp³-hybridized carbons (Fsp3) is 0.700. The lowest BCUT2D eigenvalue weighted by atomic mass is 9.94. The van der Waals surface area contributed by atoms with Crippen LogP contribution in [0.1, 0.15) is 13.8 Å². The molecular formula is C10H16O4. The predicted octanol–water partition coefficient (Wildman–Crippen LogP) is 1.12. The van der Waals surface area contributed by atoms with Gasteiger partial charge in [0, 0.05) is 11.0 Å². The van der Waals surface area contributed by atoms with E-state index >= 15 is 0 Å². The van der Waals surface area contributed by atoms with Gasteiger partial charge < -0.3 is 14.2 Å². The van der Waals surface area contributed by atoms with Gasteiger partial charge in [-0.25, -0.2) is 4.79 Å². The summed E-state index contributed by atoms with van der Waals surface area (Å²) in [5, 5.41) is 0. The molecular weight excluding hydrogens is 184 g/mol. The predicted molar refractivity (Wildman–Crippen MR) is 50.7 cm³/mol. The van der Waals surface area contributed by atoms with Gasteiger partial charge >= 0.3 is 5.97 Å². The first-order valence-corrected chi connectivity index (χ1v) is 4.52. The fourth-order valence-electron chi connectivity index (χ4n) is 1.12. The lowest BCUT2D eigenvalue weighted by molar-refractivity contribution is -0.179. The molecule has 1 heterocycles. The number of carbonyl (C=O) groups is 1. The highest BCUT2D eigenvalue weighted by Gasteiger charge is 2.30. The molecule has 1 rings (SSSR count). The molecule has 0 N–H and O–H groups in total. The Labute approximate surface area is 83.8 Å². The molecule has 0 amide bonds. The summed E-state index contributed by atoms with van der Waals surface area (Å²) in [4.78, 5) is 11.1. The molecule has 0 bridgehead atoms. The zero-order valence-electron chi connectivity index (χ0n) is 8.67. The third kappa shape index (κ3) is 3.12. The molecule has 0 aliphatic carbocycles. The molecule has 4 nitrogen and oxygen atoms in total. The van der Waals surface area contributed by atoms with E-state index in [1.165, 1.54) is 0 Å². The summed E-state index contributed by atoms with van der Waals surface area (Å²) in [7, 11) is 0. The van der Waals surface area contributed by atoms with Crippen LogP contribution in [0, 0.1) is 5.41 Å². The minimum Gasteiger partial charge on any atom is -0.462 e. The van der Waals surface area contributed by atoms with Crippen LogP contribution >= 0.6 is 0 Å². The number of hydrogen-bond donors (Lipinski definition) is 0. The van der Waals surface area contributed by atoms with Crippen LogP contribution in [-0.2, 0) is 19.0 Å². The monoisotopic (exact) mass is 200 g/mol. The zero-order chi connectivity index (χ0) is 10.6. The highest BCUT2D eigenvalue weighted by Crippen LogP contribution is 2.21. The Balaban J connectivity index is 2.35. The van der Waals surface area contributed by atoms with E-state index in [1.807, 2.05) is 6.92 Å². The van der Waals surface area contributed by atoms with Crippen LogP contribution in [0.25, 0.3) is 0 Å². The molecule has 1 aliphatic heterocycles. The Morgan fingerprint density at radius 1 is 1.50 bits per heavy atom. The van der Waals surface area contributed by atoms with Gasteiger partial charge in [-0.3, -0.25) is 0 Å². The van der Waals surface area contributed by atoms with Crippen molar-refractivity contribution in [1.82, 2.24) is 0 Å². The second-order valence-electron chi connectivity index (χ2n) is 3.98. The van der Waals surface area contributed by atoms with E-state index in [9.17, 15) is 4.79 Å². The van der Waals surface area contributed by atoms with E-state index in [0.29, 0.717) is 32.2 Å². The molecule has 1 saturated heterocycles. The van der Waals surface area contributed by atoms with Gasteiger partial charge in [0.25, 0.3) is 0 Å². The van der Waals surface area contributed by atoms with E-state index in [-0.39, 0.29) is 11.4 Å². The SMILES string of the molecule is C=C(C)C(=O)OCC1(C)COCOC1. The maximum Gasteiger partial charge on any atom is 0.333 e. The Morgan fingerprint density at radius 2 is 2.07 bits per heavy atom. The number of ether oxygens (including phenoxy) is 3. The van der Waals surface area contributed by atoms with Crippen molar-refractivity contribution < 1.29 is 19.0 Å². The largest absolute Gasteiger partial charge is 0.462 e. The third-order valence-corrected chi connectivity index (χ3v) is 1.97. The summed E-state index contributed by atoms with van der Waals surface area (Å²) in [5.41, 5.74) is 0.176. The van der Waals surface area contributed by atoms with Gasteiger partial charge in [-0.15, -0.1) is 0 Å². The van der Waals surface area contributed by atoms with Gasteiger partial charge in [-0.05, 0) is 6.92 Å². The van der Waals surface area contributed by atoms with Crippen LogP contribution in [0.2, 0.25) is 0 Å². The minimum absolute atomic E-state index is 0.233. The van der Waals surface area contributed by atoms with E-state index in [4.69, 9.17) is 14.2 Å². The quantitative estimate of drug-likeness (QED) is 0.506. The Bertz CT molecular complexity index is 228. The maximum absolute atomic E-state index is 11.1. The molecule has 1 aliphatic rings. The summed E-state index contributed by atoms with van der Waals surface area (Å²) in [6.45, 7) is 8.82. The zero-order valence-corrected chi connectivity index (χ0v) is 8.67. The Kier molecular flexibility index (Phi) is 3.66. The Hall–Kier alpha value is -0.870. The second-order valence-corrected chi connectivity index (χ2v) is 3.98. The molecule has 1 fully saturated rings. The first-order valence-electron chi connectivity index (χ1n) is 4.52. The average Bonchev–Trinajstić information content (AvgIpc) is 2.15. The summed E-state index contributed by atoms with van der Waals surface area (Å²) in [6.07, 6.45) is 0. The molecule has 0 atom stereocenters. The van der Waals surface area contributed by atoms with Crippen LogP contribution in [0.15, 0.2) is 12.2 Å². The van der Waals surface area contributed by atoms with E-state index < -0.39 is 0 Å². The van der Waals surface area contributed by atoms with E-state index in [2.05, 4.69) is 6.58 Å². The van der Waals surface area contributed by atoms with Crippen LogP contribution in [0.5, 0.6) is 0 Å². The van der Waals surface area contributed by atoms with Gasteiger partial charge in [-0.2, -0.15) is 0 Å². The van der Waals surface area contributed by atoms with E-state index in [0.717, 1.165) is 0 Å². The molecule has 0 aromatic carbocycles. The number of hydrogen-bond acceptors (Lipinski definition) is 4. The molecule has 4 heteroatoms. The van der Waals surface area contributed by atoms with Crippen molar-refractivity contribution in [3.63, 3.8) is 0 Å². The van der Waals surface area contributed by atoms with Crippen LogP contribution in [0.3, 0.4) is 0 Å².